The van der Waals surface area contributed by atoms with Gasteiger partial charge in [0.15, 0.2) is 0 Å². The molecule has 1 aromatic heterocycles. The first-order valence-electron chi connectivity index (χ1n) is 6.72. The summed E-state index contributed by atoms with van der Waals surface area (Å²) in [6.45, 7) is 0. The van der Waals surface area contributed by atoms with Crippen LogP contribution in [-0.2, 0) is 0 Å². The molecular weight excluding hydrogens is 296 g/mol. The zero-order chi connectivity index (χ0) is 16.4. The lowest BCUT2D eigenvalue weighted by Crippen LogP contribution is -1.83. The van der Waals surface area contributed by atoms with Crippen LogP contribution in [0, 0.1) is 34.3 Å². The molecule has 0 fully saturated rings. The largest absolute Gasteiger partial charge is 0.352 e. The van der Waals surface area contributed by atoms with Crippen molar-refractivity contribution >= 4 is 0 Å². The van der Waals surface area contributed by atoms with Crippen LogP contribution in [0.1, 0.15) is 11.1 Å². The molecule has 0 atom stereocenters. The van der Waals surface area contributed by atoms with Gasteiger partial charge in [-0.3, -0.25) is 0 Å². The number of aromatic nitrogens is 1. The molecule has 0 unspecified atom stereocenters. The van der Waals surface area contributed by atoms with Gasteiger partial charge >= 0.3 is 0 Å². The fourth-order valence-electron chi connectivity index (χ4n) is 2.39. The molecule has 0 bridgehead atoms. The molecule has 0 aliphatic heterocycles. The quantitative estimate of drug-likeness (QED) is 0.764. The first kappa shape index (κ1) is 14.5. The smallest absolute Gasteiger partial charge is 0.123 e. The molecule has 0 aliphatic rings. The van der Waals surface area contributed by atoms with E-state index in [0.29, 0.717) is 22.5 Å². The maximum atomic E-state index is 13.1. The fourth-order valence-corrected chi connectivity index (χ4v) is 2.39. The molecule has 0 amide bonds. The van der Waals surface area contributed by atoms with E-state index in [1.165, 1.54) is 48.5 Å². The lowest BCUT2D eigenvalue weighted by atomic mass is 10.0. The molecule has 110 valence electrons. The fraction of sp³-hybridized carbons (Fsp3) is 0. The van der Waals surface area contributed by atoms with Crippen molar-refractivity contribution in [2.45, 2.75) is 0 Å². The monoisotopic (exact) mass is 305 g/mol. The Labute approximate surface area is 131 Å². The van der Waals surface area contributed by atoms with Crippen molar-refractivity contribution in [3.05, 3.63) is 71.3 Å². The molecule has 1 N–H and O–H groups in total. The third-order valence-corrected chi connectivity index (χ3v) is 3.49. The molecular formula is C18H9F2N3. The summed E-state index contributed by atoms with van der Waals surface area (Å²) in [6, 6.07) is 15.2. The minimum absolute atomic E-state index is 0.179. The van der Waals surface area contributed by atoms with Gasteiger partial charge in [0.05, 0.1) is 22.5 Å². The van der Waals surface area contributed by atoms with Gasteiger partial charge in [-0.15, -0.1) is 0 Å². The van der Waals surface area contributed by atoms with Crippen LogP contribution >= 0.6 is 0 Å². The second kappa shape index (κ2) is 5.75. The summed E-state index contributed by atoms with van der Waals surface area (Å²) >= 11 is 0. The Morgan fingerprint density at radius 2 is 1.00 bits per heavy atom. The predicted molar refractivity (Wildman–Crippen MR) is 81.0 cm³/mol. The van der Waals surface area contributed by atoms with E-state index in [1.807, 2.05) is 12.1 Å². The first-order valence-corrected chi connectivity index (χ1v) is 6.72. The summed E-state index contributed by atoms with van der Waals surface area (Å²) in [6.07, 6.45) is 0. The van der Waals surface area contributed by atoms with E-state index in [2.05, 4.69) is 4.98 Å². The van der Waals surface area contributed by atoms with E-state index >= 15 is 0 Å². The minimum atomic E-state index is -0.391. The average molecular weight is 305 g/mol. The Balaban J connectivity index is 2.23. The zero-order valence-electron chi connectivity index (χ0n) is 11.8. The lowest BCUT2D eigenvalue weighted by molar-refractivity contribution is 0.627. The van der Waals surface area contributed by atoms with Crippen molar-refractivity contribution in [2.75, 3.05) is 0 Å². The maximum absolute atomic E-state index is 13.1. The molecule has 0 radical (unpaired) electrons. The van der Waals surface area contributed by atoms with Crippen molar-refractivity contribution in [3.8, 4) is 34.7 Å². The third-order valence-electron chi connectivity index (χ3n) is 3.49. The van der Waals surface area contributed by atoms with Crippen LogP contribution in [0.4, 0.5) is 8.78 Å². The molecule has 1 heterocycles. The summed E-state index contributed by atoms with van der Waals surface area (Å²) in [5, 5.41) is 18.8. The Kier molecular flexibility index (Phi) is 3.62. The van der Waals surface area contributed by atoms with E-state index in [4.69, 9.17) is 0 Å². The molecule has 23 heavy (non-hydrogen) atoms. The first-order chi connectivity index (χ1) is 11.1. The van der Waals surface area contributed by atoms with Crippen LogP contribution in [0.3, 0.4) is 0 Å². The highest BCUT2D eigenvalue weighted by atomic mass is 19.1. The molecule has 5 heteroatoms. The summed E-state index contributed by atoms with van der Waals surface area (Å²) in [4.78, 5) is 3.03. The second-order valence-electron chi connectivity index (χ2n) is 4.86. The van der Waals surface area contributed by atoms with Gasteiger partial charge in [-0.25, -0.2) is 8.78 Å². The number of rotatable bonds is 2. The molecule has 0 aliphatic carbocycles. The summed E-state index contributed by atoms with van der Waals surface area (Å²) in [5.74, 6) is -0.781. The molecule has 0 saturated heterocycles. The molecule has 2 aromatic carbocycles. The van der Waals surface area contributed by atoms with Crippen molar-refractivity contribution in [3.63, 3.8) is 0 Å². The highest BCUT2D eigenvalue weighted by molar-refractivity contribution is 5.81. The number of nitrogens with one attached hydrogen (secondary N) is 1. The maximum Gasteiger partial charge on any atom is 0.123 e. The van der Waals surface area contributed by atoms with Crippen LogP contribution in [0.15, 0.2) is 48.5 Å². The van der Waals surface area contributed by atoms with Crippen LogP contribution in [0.5, 0.6) is 0 Å². The van der Waals surface area contributed by atoms with Crippen LogP contribution in [0.25, 0.3) is 22.5 Å². The van der Waals surface area contributed by atoms with Gasteiger partial charge in [0.2, 0.25) is 0 Å². The Morgan fingerprint density at radius 3 is 1.30 bits per heavy atom. The van der Waals surface area contributed by atoms with Crippen molar-refractivity contribution in [1.29, 1.82) is 10.5 Å². The number of benzene rings is 2. The van der Waals surface area contributed by atoms with Crippen LogP contribution < -0.4 is 0 Å². The number of nitrogens with zero attached hydrogens (tertiary/aromatic N) is 2. The topological polar surface area (TPSA) is 63.4 Å². The average Bonchev–Trinajstić information content (AvgIpc) is 2.94. The normalized spacial score (nSPS) is 10.1. The van der Waals surface area contributed by atoms with Gasteiger partial charge in [0.25, 0.3) is 0 Å². The van der Waals surface area contributed by atoms with E-state index < -0.39 is 11.6 Å². The SMILES string of the molecule is N#Cc1c(-c2ccc(F)cc2)[nH]c(-c2ccc(F)cc2)c1C#N. The van der Waals surface area contributed by atoms with Crippen molar-refractivity contribution in [2.24, 2.45) is 0 Å². The minimum Gasteiger partial charge on any atom is -0.352 e. The summed E-state index contributed by atoms with van der Waals surface area (Å²) < 4.78 is 26.2. The number of aromatic amines is 1. The highest BCUT2D eigenvalue weighted by Gasteiger charge is 2.19. The zero-order valence-corrected chi connectivity index (χ0v) is 11.8. The Morgan fingerprint density at radius 1 is 0.652 bits per heavy atom. The third kappa shape index (κ3) is 2.56. The van der Waals surface area contributed by atoms with Gasteiger partial charge in [0.1, 0.15) is 23.8 Å². The Bertz CT molecular complexity index is 862. The Hall–Kier alpha value is -3.44. The van der Waals surface area contributed by atoms with Crippen LogP contribution in [0.2, 0.25) is 0 Å². The van der Waals surface area contributed by atoms with Crippen LogP contribution in [-0.4, -0.2) is 4.98 Å². The summed E-state index contributed by atoms with van der Waals surface area (Å²) in [5.41, 5.74) is 2.41. The second-order valence-corrected chi connectivity index (χ2v) is 4.86. The van der Waals surface area contributed by atoms with Gasteiger partial charge < -0.3 is 4.98 Å². The van der Waals surface area contributed by atoms with E-state index in [1.54, 1.807) is 0 Å². The van der Waals surface area contributed by atoms with E-state index in [-0.39, 0.29) is 11.1 Å². The van der Waals surface area contributed by atoms with Crippen molar-refractivity contribution in [1.82, 2.24) is 4.98 Å². The molecule has 3 nitrogen and oxygen atoms in total. The number of halogens is 2. The standard InChI is InChI=1S/C18H9F2N3/c19-13-5-1-11(2-6-13)17-15(9-21)16(10-22)18(23-17)12-3-7-14(20)8-4-12/h1-8,23H. The molecule has 3 rings (SSSR count). The van der Waals surface area contributed by atoms with Gasteiger partial charge in [0, 0.05) is 0 Å². The number of H-pyrrole nitrogens is 1. The van der Waals surface area contributed by atoms with Gasteiger partial charge in [-0.05, 0) is 59.7 Å². The highest BCUT2D eigenvalue weighted by Crippen LogP contribution is 2.33. The molecule has 0 spiro atoms. The number of nitriles is 2. The van der Waals surface area contributed by atoms with Crippen molar-refractivity contribution < 1.29 is 8.78 Å². The summed E-state index contributed by atoms with van der Waals surface area (Å²) in [7, 11) is 0. The molecule has 0 saturated carbocycles. The predicted octanol–water partition coefficient (Wildman–Crippen LogP) is 4.37. The number of hydrogen-bond acceptors (Lipinski definition) is 2. The molecule has 3 aromatic rings. The van der Waals surface area contributed by atoms with E-state index in [0.717, 1.165) is 0 Å². The van der Waals surface area contributed by atoms with E-state index in [9.17, 15) is 19.3 Å². The number of hydrogen-bond donors (Lipinski definition) is 1. The van der Waals surface area contributed by atoms with Gasteiger partial charge in [-0.2, -0.15) is 10.5 Å². The van der Waals surface area contributed by atoms with Gasteiger partial charge in [-0.1, -0.05) is 0 Å². The lowest BCUT2D eigenvalue weighted by Gasteiger charge is -2.00.